The standard InChI is InChI=1S/C9H14FN3O.2C2H6/c1-9(2,6-10)11-8(14)7-4-5-13(3)12-7;2*1-2/h4-5H,6H2,1-3H3,(H,11,14);2*1-2H3. The first-order chi connectivity index (χ1) is 8.44. The molecule has 106 valence electrons. The molecule has 0 unspecified atom stereocenters. The Kier molecular flexibility index (Phi) is 10.1. The van der Waals surface area contributed by atoms with Crippen molar-refractivity contribution >= 4 is 5.91 Å². The normalized spacial score (nSPS) is 9.56. The molecule has 18 heavy (non-hydrogen) atoms. The van der Waals surface area contributed by atoms with Crippen LogP contribution < -0.4 is 5.32 Å². The fourth-order valence-corrected chi connectivity index (χ4v) is 0.941. The van der Waals surface area contributed by atoms with E-state index >= 15 is 0 Å². The smallest absolute Gasteiger partial charge is 0.272 e. The Morgan fingerprint density at radius 1 is 1.39 bits per heavy atom. The molecule has 0 spiro atoms. The number of hydrogen-bond donors (Lipinski definition) is 1. The number of halogens is 1. The summed E-state index contributed by atoms with van der Waals surface area (Å²) in [7, 11) is 1.72. The SMILES string of the molecule is CC.CC.Cn1ccc(C(=O)NC(C)(C)CF)n1. The third-order valence-corrected chi connectivity index (χ3v) is 1.73. The molecule has 1 aromatic rings. The molecular weight excluding hydrogens is 233 g/mol. The maximum atomic E-state index is 12.4. The van der Waals surface area contributed by atoms with Crippen molar-refractivity contribution in [2.45, 2.75) is 47.1 Å². The van der Waals surface area contributed by atoms with Crippen molar-refractivity contribution in [3.63, 3.8) is 0 Å². The van der Waals surface area contributed by atoms with Gasteiger partial charge in [0.25, 0.3) is 5.91 Å². The van der Waals surface area contributed by atoms with Crippen molar-refractivity contribution < 1.29 is 9.18 Å². The van der Waals surface area contributed by atoms with Crippen LogP contribution in [-0.2, 0) is 7.05 Å². The van der Waals surface area contributed by atoms with E-state index < -0.39 is 12.2 Å². The van der Waals surface area contributed by atoms with Gasteiger partial charge in [-0.1, -0.05) is 27.7 Å². The summed E-state index contributed by atoms with van der Waals surface area (Å²) >= 11 is 0. The zero-order chi connectivity index (χ0) is 14.8. The highest BCUT2D eigenvalue weighted by Gasteiger charge is 2.21. The quantitative estimate of drug-likeness (QED) is 0.907. The van der Waals surface area contributed by atoms with E-state index in [9.17, 15) is 9.18 Å². The second kappa shape index (κ2) is 9.62. The van der Waals surface area contributed by atoms with Gasteiger partial charge >= 0.3 is 0 Å². The molecule has 1 amide bonds. The summed E-state index contributed by atoms with van der Waals surface area (Å²) in [6.07, 6.45) is 1.66. The molecule has 1 heterocycles. The minimum atomic E-state index is -0.839. The van der Waals surface area contributed by atoms with Crippen molar-refractivity contribution in [1.82, 2.24) is 15.1 Å². The predicted octanol–water partition coefficient (Wildman–Crippen LogP) is 2.95. The number of nitrogens with one attached hydrogen (secondary N) is 1. The second-order valence-electron chi connectivity index (χ2n) is 3.85. The van der Waals surface area contributed by atoms with E-state index in [1.807, 2.05) is 27.7 Å². The molecule has 5 heteroatoms. The van der Waals surface area contributed by atoms with Crippen molar-refractivity contribution in [2.75, 3.05) is 6.67 Å². The molecule has 0 atom stereocenters. The van der Waals surface area contributed by atoms with Crippen molar-refractivity contribution in [2.24, 2.45) is 7.05 Å². The van der Waals surface area contributed by atoms with Crippen LogP contribution in [0.4, 0.5) is 4.39 Å². The Bertz CT molecular complexity index is 335. The van der Waals surface area contributed by atoms with Gasteiger partial charge in [0.05, 0.1) is 5.54 Å². The average molecular weight is 259 g/mol. The molecule has 0 aliphatic carbocycles. The number of hydrogen-bond acceptors (Lipinski definition) is 2. The van der Waals surface area contributed by atoms with Gasteiger partial charge in [0.2, 0.25) is 0 Å². The van der Waals surface area contributed by atoms with Crippen LogP contribution >= 0.6 is 0 Å². The van der Waals surface area contributed by atoms with Crippen molar-refractivity contribution in [3.05, 3.63) is 18.0 Å². The topological polar surface area (TPSA) is 46.9 Å². The number of carbonyl (C=O) groups is 1. The maximum Gasteiger partial charge on any atom is 0.272 e. The first kappa shape index (κ1) is 19.0. The Hall–Kier alpha value is -1.39. The number of aryl methyl sites for hydroxylation is 1. The Morgan fingerprint density at radius 2 is 1.89 bits per heavy atom. The van der Waals surface area contributed by atoms with Gasteiger partial charge in [-0.15, -0.1) is 0 Å². The van der Waals surface area contributed by atoms with E-state index in [1.165, 1.54) is 4.68 Å². The number of rotatable bonds is 3. The van der Waals surface area contributed by atoms with Crippen LogP contribution in [-0.4, -0.2) is 27.9 Å². The molecule has 0 aliphatic heterocycles. The lowest BCUT2D eigenvalue weighted by Crippen LogP contribution is -2.45. The molecule has 1 rings (SSSR count). The first-order valence-corrected chi connectivity index (χ1v) is 6.33. The molecule has 0 saturated carbocycles. The number of nitrogens with zero attached hydrogens (tertiary/aromatic N) is 2. The highest BCUT2D eigenvalue weighted by atomic mass is 19.1. The first-order valence-electron chi connectivity index (χ1n) is 6.33. The summed E-state index contributed by atoms with van der Waals surface area (Å²) in [6, 6.07) is 1.59. The minimum absolute atomic E-state index is 0.300. The summed E-state index contributed by atoms with van der Waals surface area (Å²) in [5.74, 6) is -0.353. The fraction of sp³-hybridized carbons (Fsp3) is 0.692. The Morgan fingerprint density at radius 3 is 2.22 bits per heavy atom. The highest BCUT2D eigenvalue weighted by Crippen LogP contribution is 2.04. The maximum absolute atomic E-state index is 12.4. The molecule has 0 aromatic carbocycles. The minimum Gasteiger partial charge on any atom is -0.343 e. The van der Waals surface area contributed by atoms with Crippen LogP contribution in [0.2, 0.25) is 0 Å². The zero-order valence-corrected chi connectivity index (χ0v) is 12.5. The van der Waals surface area contributed by atoms with Crippen LogP contribution in [0.3, 0.4) is 0 Å². The molecule has 0 aliphatic rings. The van der Waals surface area contributed by atoms with Gasteiger partial charge in [-0.2, -0.15) is 5.10 Å². The van der Waals surface area contributed by atoms with Gasteiger partial charge < -0.3 is 5.32 Å². The molecule has 1 N–H and O–H groups in total. The lowest BCUT2D eigenvalue weighted by atomic mass is 10.1. The number of carbonyl (C=O) groups excluding carboxylic acids is 1. The van der Waals surface area contributed by atoms with Gasteiger partial charge in [0.15, 0.2) is 0 Å². The molecule has 4 nitrogen and oxygen atoms in total. The van der Waals surface area contributed by atoms with E-state index in [0.29, 0.717) is 5.69 Å². The predicted molar refractivity (Wildman–Crippen MR) is 73.4 cm³/mol. The highest BCUT2D eigenvalue weighted by molar-refractivity contribution is 5.92. The van der Waals surface area contributed by atoms with E-state index in [0.717, 1.165) is 0 Å². The Labute approximate surface area is 110 Å². The van der Waals surface area contributed by atoms with Crippen LogP contribution in [0, 0.1) is 0 Å². The zero-order valence-electron chi connectivity index (χ0n) is 12.5. The van der Waals surface area contributed by atoms with Crippen molar-refractivity contribution in [3.8, 4) is 0 Å². The van der Waals surface area contributed by atoms with Crippen LogP contribution in [0.25, 0.3) is 0 Å². The molecular formula is C13H26FN3O. The van der Waals surface area contributed by atoms with Crippen LogP contribution in [0.5, 0.6) is 0 Å². The van der Waals surface area contributed by atoms with E-state index in [1.54, 1.807) is 33.2 Å². The summed E-state index contributed by atoms with van der Waals surface area (Å²) in [4.78, 5) is 11.5. The molecule has 0 bridgehead atoms. The lowest BCUT2D eigenvalue weighted by Gasteiger charge is -2.21. The van der Waals surface area contributed by atoms with Gasteiger partial charge in [-0.05, 0) is 19.9 Å². The third kappa shape index (κ3) is 7.04. The average Bonchev–Trinajstić information content (AvgIpc) is 2.81. The monoisotopic (exact) mass is 259 g/mol. The van der Waals surface area contributed by atoms with Gasteiger partial charge in [0, 0.05) is 13.2 Å². The number of aromatic nitrogens is 2. The number of amides is 1. The molecule has 1 aromatic heterocycles. The van der Waals surface area contributed by atoms with Gasteiger partial charge in [0.1, 0.15) is 12.4 Å². The van der Waals surface area contributed by atoms with E-state index in [4.69, 9.17) is 0 Å². The van der Waals surface area contributed by atoms with Crippen molar-refractivity contribution in [1.29, 1.82) is 0 Å². The van der Waals surface area contributed by atoms with E-state index in [-0.39, 0.29) is 5.91 Å². The summed E-state index contributed by atoms with van der Waals surface area (Å²) in [6.45, 7) is 10.6. The summed E-state index contributed by atoms with van der Waals surface area (Å²) < 4.78 is 13.9. The molecule has 0 radical (unpaired) electrons. The summed E-state index contributed by atoms with van der Waals surface area (Å²) in [5, 5.41) is 6.46. The second-order valence-corrected chi connectivity index (χ2v) is 3.85. The largest absolute Gasteiger partial charge is 0.343 e. The van der Waals surface area contributed by atoms with Crippen LogP contribution in [0.1, 0.15) is 52.0 Å². The molecule has 0 fully saturated rings. The van der Waals surface area contributed by atoms with Gasteiger partial charge in [-0.3, -0.25) is 9.48 Å². The van der Waals surface area contributed by atoms with E-state index in [2.05, 4.69) is 10.4 Å². The third-order valence-electron chi connectivity index (χ3n) is 1.73. The number of alkyl halides is 1. The molecule has 0 saturated heterocycles. The van der Waals surface area contributed by atoms with Gasteiger partial charge in [-0.25, -0.2) is 4.39 Å². The fourth-order valence-electron chi connectivity index (χ4n) is 0.941. The summed E-state index contributed by atoms with van der Waals surface area (Å²) in [5.41, 5.74) is -0.539. The van der Waals surface area contributed by atoms with Crippen LogP contribution in [0.15, 0.2) is 12.3 Å². The Balaban J connectivity index is 0. The lowest BCUT2D eigenvalue weighted by molar-refractivity contribution is 0.0893.